The molecule has 2 aromatic carbocycles. The molecule has 0 fully saturated rings. The van der Waals surface area contributed by atoms with Gasteiger partial charge in [0.15, 0.2) is 0 Å². The highest BCUT2D eigenvalue weighted by molar-refractivity contribution is 5.91. The molecule has 4 aromatic rings. The zero-order chi connectivity index (χ0) is 25.8. The van der Waals surface area contributed by atoms with Crippen molar-refractivity contribution in [1.29, 1.82) is 0 Å². The van der Waals surface area contributed by atoms with Gasteiger partial charge in [-0.2, -0.15) is 0 Å². The van der Waals surface area contributed by atoms with Gasteiger partial charge in [0.1, 0.15) is 36.9 Å². The number of methoxy groups -OCH3 is 1. The van der Waals surface area contributed by atoms with Gasteiger partial charge in [0.25, 0.3) is 0 Å². The van der Waals surface area contributed by atoms with Crippen molar-refractivity contribution in [2.75, 3.05) is 32.2 Å². The number of rotatable bonds is 11. The van der Waals surface area contributed by atoms with Crippen molar-refractivity contribution in [2.45, 2.75) is 34.2 Å². The Morgan fingerprint density at radius 2 is 1.89 bits per heavy atom. The van der Waals surface area contributed by atoms with Crippen molar-refractivity contribution in [2.24, 2.45) is 0 Å². The average Bonchev–Trinajstić information content (AvgIpc) is 3.37. The predicted molar refractivity (Wildman–Crippen MR) is 143 cm³/mol. The topological polar surface area (TPSA) is 96.2 Å². The molecule has 0 aliphatic carbocycles. The first-order valence-corrected chi connectivity index (χ1v) is 12.1. The van der Waals surface area contributed by atoms with E-state index in [-0.39, 0.29) is 0 Å². The Hall–Kier alpha value is -3.98. The standard InChI is InChI=1S/C25H28N6O3.C2H6/c1-4-31-20(16-28-30-31)6-5-11-34-24-10-7-19(14-18(24)2)29-25-22-15-21(33-13-12-32-3)8-9-23(22)26-17-27-25;1-2/h5-10,14-17H,4,11-13H2,1-3H3,(H,26,27,29);1-2H3/b6-5-;. The molecule has 0 spiro atoms. The highest BCUT2D eigenvalue weighted by Gasteiger charge is 2.08. The first-order valence-electron chi connectivity index (χ1n) is 12.1. The molecule has 2 heterocycles. The van der Waals surface area contributed by atoms with Crippen LogP contribution in [0.2, 0.25) is 0 Å². The maximum absolute atomic E-state index is 5.93. The maximum atomic E-state index is 5.93. The molecule has 4 rings (SSSR count). The van der Waals surface area contributed by atoms with Crippen LogP contribution >= 0.6 is 0 Å². The second-order valence-corrected chi connectivity index (χ2v) is 7.54. The summed E-state index contributed by atoms with van der Waals surface area (Å²) in [6.45, 7) is 10.3. The number of fused-ring (bicyclic) bond motifs is 1. The smallest absolute Gasteiger partial charge is 0.141 e. The Balaban J connectivity index is 0.00000176. The minimum atomic E-state index is 0.449. The van der Waals surface area contributed by atoms with Gasteiger partial charge in [-0.15, -0.1) is 5.10 Å². The van der Waals surface area contributed by atoms with Crippen LogP contribution in [-0.4, -0.2) is 51.9 Å². The summed E-state index contributed by atoms with van der Waals surface area (Å²) in [7, 11) is 1.65. The van der Waals surface area contributed by atoms with Gasteiger partial charge in [-0.3, -0.25) is 0 Å². The minimum absolute atomic E-state index is 0.449. The summed E-state index contributed by atoms with van der Waals surface area (Å²) in [5.41, 5.74) is 3.70. The van der Waals surface area contributed by atoms with Gasteiger partial charge in [-0.05, 0) is 68.0 Å². The van der Waals surface area contributed by atoms with E-state index in [1.165, 1.54) is 0 Å². The number of hydrogen-bond donors (Lipinski definition) is 1. The number of anilines is 2. The Morgan fingerprint density at radius 3 is 2.67 bits per heavy atom. The van der Waals surface area contributed by atoms with Crippen LogP contribution < -0.4 is 14.8 Å². The van der Waals surface area contributed by atoms with E-state index in [4.69, 9.17) is 14.2 Å². The van der Waals surface area contributed by atoms with E-state index in [2.05, 4.69) is 25.6 Å². The second-order valence-electron chi connectivity index (χ2n) is 7.54. The number of aryl methyl sites for hydroxylation is 2. The number of aromatic nitrogens is 5. The van der Waals surface area contributed by atoms with E-state index in [1.54, 1.807) is 19.6 Å². The number of nitrogens with one attached hydrogen (secondary N) is 1. The van der Waals surface area contributed by atoms with Crippen molar-refractivity contribution in [3.05, 3.63) is 66.3 Å². The Kier molecular flexibility index (Phi) is 10.2. The number of benzene rings is 2. The van der Waals surface area contributed by atoms with E-state index in [9.17, 15) is 0 Å². The fourth-order valence-corrected chi connectivity index (χ4v) is 3.44. The third-order valence-corrected chi connectivity index (χ3v) is 5.17. The summed E-state index contributed by atoms with van der Waals surface area (Å²) in [5, 5.41) is 12.2. The van der Waals surface area contributed by atoms with Gasteiger partial charge in [-0.25, -0.2) is 14.6 Å². The van der Waals surface area contributed by atoms with Gasteiger partial charge < -0.3 is 19.5 Å². The minimum Gasteiger partial charge on any atom is -0.491 e. The van der Waals surface area contributed by atoms with Crippen LogP contribution in [-0.2, 0) is 11.3 Å². The highest BCUT2D eigenvalue weighted by atomic mass is 16.5. The van der Waals surface area contributed by atoms with Gasteiger partial charge in [0.2, 0.25) is 0 Å². The molecule has 0 atom stereocenters. The lowest BCUT2D eigenvalue weighted by Gasteiger charge is -2.13. The van der Waals surface area contributed by atoms with Gasteiger partial charge in [0, 0.05) is 24.7 Å². The zero-order valence-corrected chi connectivity index (χ0v) is 21.6. The van der Waals surface area contributed by atoms with E-state index < -0.39 is 0 Å². The number of ether oxygens (including phenoxy) is 3. The Morgan fingerprint density at radius 1 is 1.03 bits per heavy atom. The fourth-order valence-electron chi connectivity index (χ4n) is 3.44. The summed E-state index contributed by atoms with van der Waals surface area (Å²) in [5.74, 6) is 2.27. The normalized spacial score (nSPS) is 10.8. The summed E-state index contributed by atoms with van der Waals surface area (Å²) < 4.78 is 18.5. The Labute approximate surface area is 212 Å². The highest BCUT2D eigenvalue weighted by Crippen LogP contribution is 2.29. The van der Waals surface area contributed by atoms with Crippen LogP contribution in [0.5, 0.6) is 11.5 Å². The van der Waals surface area contributed by atoms with Crippen molar-refractivity contribution >= 4 is 28.5 Å². The number of nitrogens with zero attached hydrogens (tertiary/aromatic N) is 5. The molecule has 0 aliphatic rings. The van der Waals surface area contributed by atoms with E-state index in [0.29, 0.717) is 25.6 Å². The van der Waals surface area contributed by atoms with Crippen LogP contribution in [0.15, 0.2) is 55.0 Å². The lowest BCUT2D eigenvalue weighted by atomic mass is 10.2. The average molecular weight is 491 g/mol. The molecule has 0 saturated heterocycles. The van der Waals surface area contributed by atoms with Crippen LogP contribution in [0.25, 0.3) is 17.0 Å². The second kappa shape index (κ2) is 13.8. The van der Waals surface area contributed by atoms with Crippen molar-refractivity contribution in [1.82, 2.24) is 25.0 Å². The summed E-state index contributed by atoms with van der Waals surface area (Å²) >= 11 is 0. The van der Waals surface area contributed by atoms with E-state index >= 15 is 0 Å². The fraction of sp³-hybridized carbons (Fsp3) is 0.333. The molecule has 0 amide bonds. The maximum Gasteiger partial charge on any atom is 0.141 e. The van der Waals surface area contributed by atoms with Crippen molar-refractivity contribution in [3.63, 3.8) is 0 Å². The first kappa shape index (κ1) is 26.6. The predicted octanol–water partition coefficient (Wildman–Crippen LogP) is 5.44. The molecule has 9 heteroatoms. The molecule has 0 bridgehead atoms. The lowest BCUT2D eigenvalue weighted by molar-refractivity contribution is 0.146. The summed E-state index contributed by atoms with van der Waals surface area (Å²) in [6, 6.07) is 11.7. The third kappa shape index (κ3) is 7.02. The molecular weight excluding hydrogens is 456 g/mol. The largest absolute Gasteiger partial charge is 0.491 e. The van der Waals surface area contributed by atoms with Gasteiger partial charge >= 0.3 is 0 Å². The number of hydrogen-bond acceptors (Lipinski definition) is 8. The van der Waals surface area contributed by atoms with Crippen molar-refractivity contribution in [3.8, 4) is 11.5 Å². The van der Waals surface area contributed by atoms with Gasteiger partial charge in [-0.1, -0.05) is 19.1 Å². The van der Waals surface area contributed by atoms with E-state index in [0.717, 1.165) is 45.9 Å². The SMILES string of the molecule is CC.CCn1nncc1/C=C\COc1ccc(Nc2ncnc3ccc(OCCOC)cc23)cc1C. The third-order valence-electron chi connectivity index (χ3n) is 5.17. The molecule has 0 unspecified atom stereocenters. The van der Waals surface area contributed by atoms with Crippen LogP contribution in [0.4, 0.5) is 11.5 Å². The monoisotopic (exact) mass is 490 g/mol. The van der Waals surface area contributed by atoms with E-state index in [1.807, 2.05) is 80.9 Å². The van der Waals surface area contributed by atoms with Crippen LogP contribution in [0, 0.1) is 6.92 Å². The lowest BCUT2D eigenvalue weighted by Crippen LogP contribution is -2.04. The molecular formula is C27H34N6O3. The summed E-state index contributed by atoms with van der Waals surface area (Å²) in [4.78, 5) is 8.79. The zero-order valence-electron chi connectivity index (χ0n) is 21.6. The quantitative estimate of drug-likeness (QED) is 0.278. The molecule has 0 saturated carbocycles. The molecule has 9 nitrogen and oxygen atoms in total. The molecule has 0 radical (unpaired) electrons. The molecule has 2 aromatic heterocycles. The van der Waals surface area contributed by atoms with Crippen LogP contribution in [0.3, 0.4) is 0 Å². The summed E-state index contributed by atoms with van der Waals surface area (Å²) in [6.07, 6.45) is 7.20. The molecule has 190 valence electrons. The van der Waals surface area contributed by atoms with Crippen LogP contribution in [0.1, 0.15) is 32.0 Å². The van der Waals surface area contributed by atoms with Crippen molar-refractivity contribution < 1.29 is 14.2 Å². The Bertz CT molecular complexity index is 1270. The first-order chi connectivity index (χ1) is 17.7. The molecule has 0 aliphatic heterocycles. The van der Waals surface area contributed by atoms with Gasteiger partial charge in [0.05, 0.1) is 24.0 Å². The molecule has 1 N–H and O–H groups in total. The molecule has 36 heavy (non-hydrogen) atoms.